The molecule has 1 saturated heterocycles. The Balaban J connectivity index is 1.67. The highest BCUT2D eigenvalue weighted by molar-refractivity contribution is 5.80. The van der Waals surface area contributed by atoms with Crippen LogP contribution >= 0.6 is 0 Å². The van der Waals surface area contributed by atoms with Gasteiger partial charge in [-0.2, -0.15) is 0 Å². The number of rotatable bonds is 5. The number of hydrogen-bond donors (Lipinski definition) is 1. The van der Waals surface area contributed by atoms with Gasteiger partial charge in [0.1, 0.15) is 11.5 Å². The van der Waals surface area contributed by atoms with Crippen LogP contribution in [0.15, 0.2) is 22.8 Å². The number of ketones is 1. The monoisotopic (exact) mass is 221 g/mol. The first kappa shape index (κ1) is 11.4. The van der Waals surface area contributed by atoms with Crippen molar-refractivity contribution in [3.8, 4) is 0 Å². The predicted molar refractivity (Wildman–Crippen MR) is 62.2 cm³/mol. The lowest BCUT2D eigenvalue weighted by Gasteiger charge is -2.21. The van der Waals surface area contributed by atoms with Crippen molar-refractivity contribution in [2.45, 2.75) is 32.1 Å². The minimum atomic E-state index is 0.300. The fourth-order valence-electron chi connectivity index (χ4n) is 2.23. The topological polar surface area (TPSA) is 42.2 Å². The maximum Gasteiger partial charge on any atom is 0.140 e. The zero-order chi connectivity index (χ0) is 11.2. The third-order valence-electron chi connectivity index (χ3n) is 3.24. The molecule has 1 aliphatic heterocycles. The van der Waals surface area contributed by atoms with Crippen molar-refractivity contribution in [3.05, 3.63) is 24.2 Å². The lowest BCUT2D eigenvalue weighted by atomic mass is 9.92. The highest BCUT2D eigenvalue weighted by Crippen LogP contribution is 2.18. The molecule has 0 aliphatic carbocycles. The van der Waals surface area contributed by atoms with E-state index in [0.29, 0.717) is 18.6 Å². The number of piperidine rings is 1. The largest absolute Gasteiger partial charge is 0.469 e. The molecule has 1 N–H and O–H groups in total. The molecule has 0 unspecified atom stereocenters. The van der Waals surface area contributed by atoms with Gasteiger partial charge < -0.3 is 9.73 Å². The van der Waals surface area contributed by atoms with E-state index in [-0.39, 0.29) is 0 Å². The SMILES string of the molecule is O=C(CCC1CCNCC1)Cc1ccco1. The van der Waals surface area contributed by atoms with Crippen LogP contribution < -0.4 is 5.32 Å². The van der Waals surface area contributed by atoms with E-state index in [1.165, 1.54) is 12.8 Å². The Bertz CT molecular complexity index is 313. The molecule has 3 heteroatoms. The lowest BCUT2D eigenvalue weighted by molar-refractivity contribution is -0.119. The van der Waals surface area contributed by atoms with Gasteiger partial charge in [0.2, 0.25) is 0 Å². The summed E-state index contributed by atoms with van der Waals surface area (Å²) in [5.41, 5.74) is 0. The summed E-state index contributed by atoms with van der Waals surface area (Å²) in [5.74, 6) is 1.82. The van der Waals surface area contributed by atoms with Gasteiger partial charge in [-0.15, -0.1) is 0 Å². The first-order valence-electron chi connectivity index (χ1n) is 6.09. The summed E-state index contributed by atoms with van der Waals surface area (Å²) in [7, 11) is 0. The molecular formula is C13H19NO2. The highest BCUT2D eigenvalue weighted by Gasteiger charge is 2.14. The third-order valence-corrected chi connectivity index (χ3v) is 3.24. The van der Waals surface area contributed by atoms with Crippen LogP contribution in [0.5, 0.6) is 0 Å². The summed E-state index contributed by atoms with van der Waals surface area (Å²) in [6, 6.07) is 3.69. The number of carbonyl (C=O) groups is 1. The van der Waals surface area contributed by atoms with Crippen molar-refractivity contribution < 1.29 is 9.21 Å². The molecule has 88 valence electrons. The molecule has 1 aromatic heterocycles. The Hall–Kier alpha value is -1.09. The fourth-order valence-corrected chi connectivity index (χ4v) is 2.23. The molecule has 0 bridgehead atoms. The van der Waals surface area contributed by atoms with E-state index in [1.54, 1.807) is 6.26 Å². The Morgan fingerprint density at radius 2 is 2.25 bits per heavy atom. The van der Waals surface area contributed by atoms with Gasteiger partial charge in [0.15, 0.2) is 0 Å². The third kappa shape index (κ3) is 3.49. The first-order chi connectivity index (χ1) is 7.84. The Morgan fingerprint density at radius 3 is 2.94 bits per heavy atom. The van der Waals surface area contributed by atoms with Gasteiger partial charge in [0.25, 0.3) is 0 Å². The van der Waals surface area contributed by atoms with Gasteiger partial charge in [-0.1, -0.05) is 0 Å². The predicted octanol–water partition coefficient (Wildman–Crippen LogP) is 2.17. The fraction of sp³-hybridized carbons (Fsp3) is 0.615. The molecule has 3 nitrogen and oxygen atoms in total. The first-order valence-corrected chi connectivity index (χ1v) is 6.09. The van der Waals surface area contributed by atoms with Gasteiger partial charge >= 0.3 is 0 Å². The molecule has 1 aromatic rings. The molecule has 2 heterocycles. The molecule has 0 spiro atoms. The van der Waals surface area contributed by atoms with Crippen LogP contribution in [0.25, 0.3) is 0 Å². The molecule has 0 atom stereocenters. The van der Waals surface area contributed by atoms with E-state index in [0.717, 1.165) is 31.2 Å². The number of furan rings is 1. The maximum atomic E-state index is 11.7. The zero-order valence-corrected chi connectivity index (χ0v) is 9.58. The smallest absolute Gasteiger partial charge is 0.140 e. The normalized spacial score (nSPS) is 17.5. The Morgan fingerprint density at radius 1 is 1.44 bits per heavy atom. The van der Waals surface area contributed by atoms with Crippen molar-refractivity contribution in [1.82, 2.24) is 5.32 Å². The van der Waals surface area contributed by atoms with Crippen LogP contribution in [0.4, 0.5) is 0 Å². The molecule has 0 saturated carbocycles. The summed E-state index contributed by atoms with van der Waals surface area (Å²) >= 11 is 0. The number of carbonyl (C=O) groups excluding carboxylic acids is 1. The molecule has 16 heavy (non-hydrogen) atoms. The summed E-state index contributed by atoms with van der Waals surface area (Å²) < 4.78 is 5.17. The Labute approximate surface area is 96.2 Å². The van der Waals surface area contributed by atoms with Gasteiger partial charge in [0.05, 0.1) is 12.7 Å². The molecule has 0 radical (unpaired) electrons. The second kappa shape index (κ2) is 5.85. The minimum absolute atomic E-state index is 0.300. The molecular weight excluding hydrogens is 202 g/mol. The van der Waals surface area contributed by atoms with Crippen molar-refractivity contribution in [2.24, 2.45) is 5.92 Å². The van der Waals surface area contributed by atoms with Crippen LogP contribution in [0, 0.1) is 5.92 Å². The van der Waals surface area contributed by atoms with Gasteiger partial charge in [0, 0.05) is 6.42 Å². The standard InChI is InChI=1S/C13H19NO2/c15-12(10-13-2-1-9-16-13)4-3-11-5-7-14-8-6-11/h1-2,9,11,14H,3-8,10H2. The van der Waals surface area contributed by atoms with Crippen LogP contribution in [0.2, 0.25) is 0 Å². The van der Waals surface area contributed by atoms with Crippen molar-refractivity contribution in [2.75, 3.05) is 13.1 Å². The van der Waals surface area contributed by atoms with E-state index < -0.39 is 0 Å². The van der Waals surface area contributed by atoms with Crippen LogP contribution in [-0.2, 0) is 11.2 Å². The van der Waals surface area contributed by atoms with E-state index in [4.69, 9.17) is 4.42 Å². The number of nitrogens with one attached hydrogen (secondary N) is 1. The van der Waals surface area contributed by atoms with Crippen LogP contribution in [0.1, 0.15) is 31.4 Å². The van der Waals surface area contributed by atoms with Crippen molar-refractivity contribution >= 4 is 5.78 Å². The van der Waals surface area contributed by atoms with Gasteiger partial charge in [-0.25, -0.2) is 0 Å². The van der Waals surface area contributed by atoms with E-state index >= 15 is 0 Å². The van der Waals surface area contributed by atoms with Gasteiger partial charge in [-0.05, 0) is 50.4 Å². The average molecular weight is 221 g/mol. The highest BCUT2D eigenvalue weighted by atomic mass is 16.3. The zero-order valence-electron chi connectivity index (χ0n) is 9.58. The summed E-state index contributed by atoms with van der Waals surface area (Å²) in [6.07, 6.45) is 6.25. The van der Waals surface area contributed by atoms with E-state index in [2.05, 4.69) is 5.32 Å². The summed E-state index contributed by atoms with van der Waals surface area (Å²) in [6.45, 7) is 2.22. The molecule has 1 aliphatic rings. The number of Topliss-reactive ketones (excluding diaryl/α,β-unsaturated/α-hetero) is 1. The summed E-state index contributed by atoms with van der Waals surface area (Å²) in [5, 5.41) is 3.34. The van der Waals surface area contributed by atoms with E-state index in [9.17, 15) is 4.79 Å². The van der Waals surface area contributed by atoms with E-state index in [1.807, 2.05) is 12.1 Å². The summed E-state index contributed by atoms with van der Waals surface area (Å²) in [4.78, 5) is 11.7. The van der Waals surface area contributed by atoms with Crippen LogP contribution in [-0.4, -0.2) is 18.9 Å². The molecule has 0 amide bonds. The quantitative estimate of drug-likeness (QED) is 0.828. The minimum Gasteiger partial charge on any atom is -0.469 e. The van der Waals surface area contributed by atoms with Crippen LogP contribution in [0.3, 0.4) is 0 Å². The lowest BCUT2D eigenvalue weighted by Crippen LogP contribution is -2.28. The second-order valence-corrected chi connectivity index (χ2v) is 4.53. The van der Waals surface area contributed by atoms with Crippen molar-refractivity contribution in [3.63, 3.8) is 0 Å². The molecule has 0 aromatic carbocycles. The molecule has 2 rings (SSSR count). The molecule has 1 fully saturated rings. The Kier molecular flexibility index (Phi) is 4.17. The maximum absolute atomic E-state index is 11.7. The second-order valence-electron chi connectivity index (χ2n) is 4.53. The number of hydrogen-bond acceptors (Lipinski definition) is 3. The average Bonchev–Trinajstić information content (AvgIpc) is 2.81. The van der Waals surface area contributed by atoms with Gasteiger partial charge in [-0.3, -0.25) is 4.79 Å². The van der Waals surface area contributed by atoms with Crippen molar-refractivity contribution in [1.29, 1.82) is 0 Å².